The molecule has 66 valence electrons. The average molecular weight is 175 g/mol. The van der Waals surface area contributed by atoms with Crippen LogP contribution in [0.25, 0.3) is 0 Å². The van der Waals surface area contributed by atoms with E-state index in [1.54, 1.807) is 0 Å². The number of carbonyl (C=O) groups excluding carboxylic acids is 1. The van der Waals surface area contributed by atoms with Gasteiger partial charge in [-0.15, -0.1) is 0 Å². The van der Waals surface area contributed by atoms with Crippen LogP contribution in [-0.2, 0) is 0 Å². The van der Waals surface area contributed by atoms with Crippen LogP contribution in [0.2, 0.25) is 0 Å². The number of nitrogens with two attached hydrogens (primary N) is 2. The molecule has 0 saturated carbocycles. The molecule has 0 bridgehead atoms. The number of nitriles is 1. The zero-order chi connectivity index (χ0) is 10.0. The highest BCUT2D eigenvalue weighted by Gasteiger charge is 2.09. The van der Waals surface area contributed by atoms with E-state index >= 15 is 0 Å². The summed E-state index contributed by atoms with van der Waals surface area (Å²) in [6.07, 6.45) is 0. The molecular formula is C9H9N3O. The fourth-order valence-electron chi connectivity index (χ4n) is 1.03. The van der Waals surface area contributed by atoms with Crippen LogP contribution in [0.3, 0.4) is 0 Å². The normalized spacial score (nSPS) is 9.23. The Hall–Kier alpha value is -2.02. The van der Waals surface area contributed by atoms with Gasteiger partial charge in [0.2, 0.25) is 0 Å². The second kappa shape index (κ2) is 3.15. The number of hydrogen-bond acceptors (Lipinski definition) is 4. The van der Waals surface area contributed by atoms with E-state index in [1.807, 2.05) is 6.07 Å². The Bertz CT molecular complexity index is 404. The molecule has 0 aliphatic heterocycles. The van der Waals surface area contributed by atoms with Crippen LogP contribution < -0.4 is 11.5 Å². The van der Waals surface area contributed by atoms with Crippen LogP contribution in [0, 0.1) is 11.3 Å². The number of nitrogens with zero attached hydrogens (tertiary/aromatic N) is 1. The summed E-state index contributed by atoms with van der Waals surface area (Å²) in [4.78, 5) is 11.0. The molecule has 0 unspecified atom stereocenters. The maximum atomic E-state index is 11.0. The molecule has 0 aliphatic rings. The highest BCUT2D eigenvalue weighted by atomic mass is 16.1. The summed E-state index contributed by atoms with van der Waals surface area (Å²) in [5, 5.41) is 8.60. The van der Waals surface area contributed by atoms with Crippen LogP contribution in [0.1, 0.15) is 22.8 Å². The first-order chi connectivity index (χ1) is 6.06. The molecule has 0 aromatic heterocycles. The third-order valence-corrected chi connectivity index (χ3v) is 1.72. The van der Waals surface area contributed by atoms with Gasteiger partial charge < -0.3 is 11.5 Å². The number of nitrogen functional groups attached to an aromatic ring is 2. The molecule has 0 radical (unpaired) electrons. The van der Waals surface area contributed by atoms with Crippen molar-refractivity contribution in [3.8, 4) is 6.07 Å². The zero-order valence-electron chi connectivity index (χ0n) is 7.16. The van der Waals surface area contributed by atoms with Gasteiger partial charge in [0.1, 0.15) is 0 Å². The number of Topliss-reactive ketones (excluding diaryl/α,β-unsaturated/α-hetero) is 1. The second-order valence-corrected chi connectivity index (χ2v) is 2.69. The van der Waals surface area contributed by atoms with Gasteiger partial charge in [0.25, 0.3) is 0 Å². The van der Waals surface area contributed by atoms with Gasteiger partial charge >= 0.3 is 0 Å². The molecule has 4 nitrogen and oxygen atoms in total. The summed E-state index contributed by atoms with van der Waals surface area (Å²) >= 11 is 0. The van der Waals surface area contributed by atoms with Crippen molar-refractivity contribution in [2.75, 3.05) is 11.5 Å². The van der Waals surface area contributed by atoms with Crippen LogP contribution in [0.5, 0.6) is 0 Å². The number of anilines is 2. The molecule has 0 fully saturated rings. The fourth-order valence-corrected chi connectivity index (χ4v) is 1.03. The molecule has 4 heteroatoms. The molecule has 0 spiro atoms. The lowest BCUT2D eigenvalue weighted by atomic mass is 10.0. The van der Waals surface area contributed by atoms with Crippen molar-refractivity contribution in [3.05, 3.63) is 23.3 Å². The van der Waals surface area contributed by atoms with E-state index < -0.39 is 0 Å². The van der Waals surface area contributed by atoms with Gasteiger partial charge in [-0.1, -0.05) is 0 Å². The standard InChI is InChI=1S/C9H9N3O/c1-5(13)7-2-6(4-10)3-8(11)9(7)12/h2-3H,11-12H2,1H3. The Morgan fingerprint density at radius 3 is 2.54 bits per heavy atom. The quantitative estimate of drug-likeness (QED) is 0.490. The topological polar surface area (TPSA) is 92.9 Å². The van der Waals surface area contributed by atoms with E-state index in [0.29, 0.717) is 11.1 Å². The number of benzene rings is 1. The summed E-state index contributed by atoms with van der Waals surface area (Å²) < 4.78 is 0. The minimum absolute atomic E-state index is 0.193. The lowest BCUT2D eigenvalue weighted by Crippen LogP contribution is -2.04. The molecule has 0 saturated heterocycles. The number of carbonyl (C=O) groups is 1. The van der Waals surface area contributed by atoms with Crippen LogP contribution in [0.4, 0.5) is 11.4 Å². The van der Waals surface area contributed by atoms with Crippen molar-refractivity contribution in [1.29, 1.82) is 5.26 Å². The molecular weight excluding hydrogens is 166 g/mol. The fraction of sp³-hybridized carbons (Fsp3) is 0.111. The molecule has 13 heavy (non-hydrogen) atoms. The Morgan fingerprint density at radius 1 is 1.46 bits per heavy atom. The number of rotatable bonds is 1. The van der Waals surface area contributed by atoms with Gasteiger partial charge in [-0.2, -0.15) is 5.26 Å². The largest absolute Gasteiger partial charge is 0.397 e. The Balaban J connectivity index is 3.44. The zero-order valence-corrected chi connectivity index (χ0v) is 7.16. The van der Waals surface area contributed by atoms with E-state index in [1.165, 1.54) is 19.1 Å². The maximum Gasteiger partial charge on any atom is 0.161 e. The molecule has 0 heterocycles. The lowest BCUT2D eigenvalue weighted by Gasteiger charge is -2.05. The van der Waals surface area contributed by atoms with Gasteiger partial charge in [-0.3, -0.25) is 4.79 Å². The lowest BCUT2D eigenvalue weighted by molar-refractivity contribution is 0.101. The van der Waals surface area contributed by atoms with Crippen molar-refractivity contribution >= 4 is 17.2 Å². The van der Waals surface area contributed by atoms with Gasteiger partial charge in [0.15, 0.2) is 5.78 Å². The molecule has 4 N–H and O–H groups in total. The Morgan fingerprint density at radius 2 is 2.08 bits per heavy atom. The van der Waals surface area contributed by atoms with Gasteiger partial charge in [0.05, 0.1) is 23.0 Å². The Kier molecular flexibility index (Phi) is 2.20. The van der Waals surface area contributed by atoms with Crippen molar-refractivity contribution < 1.29 is 4.79 Å². The number of ketones is 1. The van der Waals surface area contributed by atoms with E-state index in [-0.39, 0.29) is 17.2 Å². The predicted octanol–water partition coefficient (Wildman–Crippen LogP) is 0.925. The van der Waals surface area contributed by atoms with Crippen LogP contribution in [-0.4, -0.2) is 5.78 Å². The summed E-state index contributed by atoms with van der Waals surface area (Å²) in [5.74, 6) is -0.193. The molecule has 0 aliphatic carbocycles. The van der Waals surface area contributed by atoms with Crippen molar-refractivity contribution in [3.63, 3.8) is 0 Å². The minimum atomic E-state index is -0.193. The van der Waals surface area contributed by atoms with Gasteiger partial charge in [-0.25, -0.2) is 0 Å². The van der Waals surface area contributed by atoms with Crippen molar-refractivity contribution in [1.82, 2.24) is 0 Å². The molecule has 1 aromatic rings. The van der Waals surface area contributed by atoms with E-state index in [4.69, 9.17) is 16.7 Å². The van der Waals surface area contributed by atoms with Crippen molar-refractivity contribution in [2.24, 2.45) is 0 Å². The first kappa shape index (κ1) is 9.07. The molecule has 1 aromatic carbocycles. The highest BCUT2D eigenvalue weighted by molar-refractivity contribution is 6.01. The predicted molar refractivity (Wildman–Crippen MR) is 50.0 cm³/mol. The van der Waals surface area contributed by atoms with Crippen LogP contribution in [0.15, 0.2) is 12.1 Å². The molecule has 0 atom stereocenters. The molecule has 0 amide bonds. The second-order valence-electron chi connectivity index (χ2n) is 2.69. The average Bonchev–Trinajstić information content (AvgIpc) is 2.09. The summed E-state index contributed by atoms with van der Waals surface area (Å²) in [5.41, 5.74) is 12.2. The van der Waals surface area contributed by atoms with Gasteiger partial charge in [-0.05, 0) is 19.1 Å². The number of hydrogen-bond donors (Lipinski definition) is 2. The Labute approximate surface area is 75.8 Å². The summed E-state index contributed by atoms with van der Waals surface area (Å²) in [7, 11) is 0. The first-order valence-electron chi connectivity index (χ1n) is 3.66. The third-order valence-electron chi connectivity index (χ3n) is 1.72. The monoisotopic (exact) mass is 175 g/mol. The maximum absolute atomic E-state index is 11.0. The highest BCUT2D eigenvalue weighted by Crippen LogP contribution is 2.22. The molecule has 1 rings (SSSR count). The third kappa shape index (κ3) is 1.59. The van der Waals surface area contributed by atoms with E-state index in [2.05, 4.69) is 0 Å². The van der Waals surface area contributed by atoms with Crippen molar-refractivity contribution in [2.45, 2.75) is 6.92 Å². The smallest absolute Gasteiger partial charge is 0.161 e. The first-order valence-corrected chi connectivity index (χ1v) is 3.66. The van der Waals surface area contributed by atoms with Gasteiger partial charge in [0, 0.05) is 5.56 Å². The summed E-state index contributed by atoms with van der Waals surface area (Å²) in [6, 6.07) is 4.79. The van der Waals surface area contributed by atoms with E-state index in [9.17, 15) is 4.79 Å². The van der Waals surface area contributed by atoms with Crippen LogP contribution >= 0.6 is 0 Å². The summed E-state index contributed by atoms with van der Waals surface area (Å²) in [6.45, 7) is 1.38. The van der Waals surface area contributed by atoms with E-state index in [0.717, 1.165) is 0 Å². The SMILES string of the molecule is CC(=O)c1cc(C#N)cc(N)c1N. The minimum Gasteiger partial charge on any atom is -0.397 e.